The van der Waals surface area contributed by atoms with Crippen LogP contribution in [0.2, 0.25) is 5.02 Å². The Bertz CT molecular complexity index is 601. The second-order valence-electron chi connectivity index (χ2n) is 4.83. The van der Waals surface area contributed by atoms with Gasteiger partial charge in [0.2, 0.25) is 0 Å². The Morgan fingerprint density at radius 1 is 1.00 bits per heavy atom. The number of benzene rings is 2. The summed E-state index contributed by atoms with van der Waals surface area (Å²) in [6, 6.07) is 10.9. The first-order chi connectivity index (χ1) is 9.47. The molecule has 0 heterocycles. The van der Waals surface area contributed by atoms with Crippen LogP contribution < -0.4 is 5.32 Å². The van der Waals surface area contributed by atoms with Gasteiger partial charge in [-0.15, -0.1) is 0 Å². The van der Waals surface area contributed by atoms with E-state index in [0.29, 0.717) is 10.6 Å². The average molecular weight is 296 g/mol. The first-order valence-corrected chi connectivity index (χ1v) is 6.81. The van der Waals surface area contributed by atoms with Crippen LogP contribution in [0.3, 0.4) is 0 Å². The van der Waals surface area contributed by atoms with E-state index in [9.17, 15) is 8.78 Å². The minimum absolute atomic E-state index is 0.00755. The molecule has 1 nitrogen and oxygen atoms in total. The number of rotatable bonds is 4. The Kier molecular flexibility index (Phi) is 4.73. The van der Waals surface area contributed by atoms with Crippen molar-refractivity contribution in [3.63, 3.8) is 0 Å². The summed E-state index contributed by atoms with van der Waals surface area (Å²) in [5.74, 6) is -1.11. The predicted molar refractivity (Wildman–Crippen MR) is 77.8 cm³/mol. The first kappa shape index (κ1) is 14.9. The van der Waals surface area contributed by atoms with Gasteiger partial charge in [-0.05, 0) is 37.6 Å². The van der Waals surface area contributed by atoms with Crippen LogP contribution in [0, 0.1) is 11.6 Å². The van der Waals surface area contributed by atoms with E-state index in [4.69, 9.17) is 11.6 Å². The molecular weight excluding hydrogens is 280 g/mol. The molecule has 20 heavy (non-hydrogen) atoms. The van der Waals surface area contributed by atoms with E-state index in [-0.39, 0.29) is 12.1 Å². The van der Waals surface area contributed by atoms with Gasteiger partial charge in [0, 0.05) is 28.7 Å². The zero-order valence-electron chi connectivity index (χ0n) is 11.3. The molecule has 0 amide bonds. The van der Waals surface area contributed by atoms with Crippen LogP contribution in [0.5, 0.6) is 0 Å². The lowest BCUT2D eigenvalue weighted by atomic mass is 10.0. The smallest absolute Gasteiger partial charge is 0.130 e. The van der Waals surface area contributed by atoms with E-state index < -0.39 is 11.6 Å². The molecule has 1 N–H and O–H groups in total. The highest BCUT2D eigenvalue weighted by atomic mass is 35.5. The molecule has 0 aliphatic carbocycles. The van der Waals surface area contributed by atoms with Gasteiger partial charge >= 0.3 is 0 Å². The van der Waals surface area contributed by atoms with Gasteiger partial charge in [-0.1, -0.05) is 29.8 Å². The summed E-state index contributed by atoms with van der Waals surface area (Å²) >= 11 is 5.96. The number of nitrogens with one attached hydrogen (secondary N) is 1. The number of halogens is 3. The van der Waals surface area contributed by atoms with Crippen molar-refractivity contribution >= 4 is 11.6 Å². The highest BCUT2D eigenvalue weighted by Crippen LogP contribution is 2.23. The third kappa shape index (κ3) is 3.56. The fraction of sp³-hybridized carbons (Fsp3) is 0.250. The monoisotopic (exact) mass is 295 g/mol. The van der Waals surface area contributed by atoms with E-state index in [2.05, 4.69) is 5.32 Å². The van der Waals surface area contributed by atoms with Gasteiger partial charge in [0.05, 0.1) is 0 Å². The summed E-state index contributed by atoms with van der Waals surface area (Å²) in [7, 11) is 0. The Morgan fingerprint density at radius 3 is 2.40 bits per heavy atom. The Balaban J connectivity index is 2.12. The zero-order valence-corrected chi connectivity index (χ0v) is 12.1. The SMILES string of the molecule is CC(N[C@@H](C)c1cccc(Cl)c1)c1ccc(F)cc1F. The van der Waals surface area contributed by atoms with Gasteiger partial charge in [-0.2, -0.15) is 0 Å². The van der Waals surface area contributed by atoms with Crippen molar-refractivity contribution in [2.45, 2.75) is 25.9 Å². The van der Waals surface area contributed by atoms with Gasteiger partial charge < -0.3 is 5.32 Å². The summed E-state index contributed by atoms with van der Waals surface area (Å²) in [6.07, 6.45) is 0. The standard InChI is InChI=1S/C16H16ClF2N/c1-10(12-4-3-5-13(17)8-12)20-11(2)15-7-6-14(18)9-16(15)19/h3-11,20H,1-2H3/t10-,11?/m0/s1. The molecule has 0 saturated carbocycles. The highest BCUT2D eigenvalue weighted by molar-refractivity contribution is 6.30. The molecule has 2 aromatic rings. The molecule has 0 aliphatic heterocycles. The molecule has 0 aliphatic rings. The van der Waals surface area contributed by atoms with E-state index in [0.717, 1.165) is 11.6 Å². The van der Waals surface area contributed by atoms with Crippen LogP contribution in [-0.4, -0.2) is 0 Å². The van der Waals surface area contributed by atoms with Gasteiger partial charge in [0.1, 0.15) is 11.6 Å². The number of hydrogen-bond donors (Lipinski definition) is 1. The van der Waals surface area contributed by atoms with Crippen LogP contribution in [-0.2, 0) is 0 Å². The topological polar surface area (TPSA) is 12.0 Å². The molecule has 106 valence electrons. The largest absolute Gasteiger partial charge is 0.304 e. The lowest BCUT2D eigenvalue weighted by molar-refractivity contribution is 0.470. The zero-order chi connectivity index (χ0) is 14.7. The van der Waals surface area contributed by atoms with Gasteiger partial charge in [0.25, 0.3) is 0 Å². The minimum atomic E-state index is -0.568. The summed E-state index contributed by atoms with van der Waals surface area (Å²) < 4.78 is 26.6. The Hall–Kier alpha value is -1.45. The molecule has 0 bridgehead atoms. The van der Waals surface area contributed by atoms with Gasteiger partial charge in [0.15, 0.2) is 0 Å². The lowest BCUT2D eigenvalue weighted by Gasteiger charge is -2.21. The molecule has 0 saturated heterocycles. The molecule has 0 radical (unpaired) electrons. The Morgan fingerprint density at radius 2 is 1.75 bits per heavy atom. The quantitative estimate of drug-likeness (QED) is 0.834. The van der Waals surface area contributed by atoms with Crippen LogP contribution in [0.1, 0.15) is 37.1 Å². The summed E-state index contributed by atoms with van der Waals surface area (Å²) in [4.78, 5) is 0. The van der Waals surface area contributed by atoms with E-state index in [1.165, 1.54) is 12.1 Å². The second kappa shape index (κ2) is 6.33. The highest BCUT2D eigenvalue weighted by Gasteiger charge is 2.15. The minimum Gasteiger partial charge on any atom is -0.304 e. The second-order valence-corrected chi connectivity index (χ2v) is 5.27. The molecule has 0 spiro atoms. The normalized spacial score (nSPS) is 14.1. The van der Waals surface area contributed by atoms with Crippen molar-refractivity contribution in [1.29, 1.82) is 0 Å². The summed E-state index contributed by atoms with van der Waals surface area (Å²) in [5, 5.41) is 3.94. The molecule has 2 atom stereocenters. The lowest BCUT2D eigenvalue weighted by Crippen LogP contribution is -2.23. The van der Waals surface area contributed by atoms with E-state index in [1.807, 2.05) is 32.0 Å². The van der Waals surface area contributed by atoms with Gasteiger partial charge in [-0.25, -0.2) is 8.78 Å². The van der Waals surface area contributed by atoms with Gasteiger partial charge in [-0.3, -0.25) is 0 Å². The molecule has 2 rings (SSSR count). The van der Waals surface area contributed by atoms with Crippen LogP contribution in [0.15, 0.2) is 42.5 Å². The maximum Gasteiger partial charge on any atom is 0.130 e. The summed E-state index contributed by atoms with van der Waals surface area (Å²) in [6.45, 7) is 3.82. The maximum absolute atomic E-state index is 13.7. The first-order valence-electron chi connectivity index (χ1n) is 6.44. The Labute approximate surface area is 122 Å². The van der Waals surface area contributed by atoms with Crippen molar-refractivity contribution in [1.82, 2.24) is 5.32 Å². The van der Waals surface area contributed by atoms with Crippen molar-refractivity contribution in [3.8, 4) is 0 Å². The molecule has 1 unspecified atom stereocenters. The predicted octanol–water partition coefficient (Wildman–Crippen LogP) is 5.03. The fourth-order valence-electron chi connectivity index (χ4n) is 2.19. The fourth-order valence-corrected chi connectivity index (χ4v) is 2.39. The number of hydrogen-bond acceptors (Lipinski definition) is 1. The third-order valence-electron chi connectivity index (χ3n) is 3.28. The van der Waals surface area contributed by atoms with Crippen LogP contribution >= 0.6 is 11.6 Å². The molecule has 0 fully saturated rings. The van der Waals surface area contributed by atoms with E-state index in [1.54, 1.807) is 6.07 Å². The van der Waals surface area contributed by atoms with Crippen LogP contribution in [0.4, 0.5) is 8.78 Å². The van der Waals surface area contributed by atoms with E-state index >= 15 is 0 Å². The van der Waals surface area contributed by atoms with Crippen LogP contribution in [0.25, 0.3) is 0 Å². The van der Waals surface area contributed by atoms with Crippen molar-refractivity contribution in [2.75, 3.05) is 0 Å². The molecular formula is C16H16ClF2N. The summed E-state index contributed by atoms with van der Waals surface area (Å²) in [5.41, 5.74) is 1.46. The average Bonchev–Trinajstić information content (AvgIpc) is 2.38. The molecule has 4 heteroatoms. The van der Waals surface area contributed by atoms with Crippen molar-refractivity contribution in [2.24, 2.45) is 0 Å². The third-order valence-corrected chi connectivity index (χ3v) is 3.51. The van der Waals surface area contributed by atoms with Crippen molar-refractivity contribution in [3.05, 3.63) is 70.2 Å². The molecule has 2 aromatic carbocycles. The molecule has 0 aromatic heterocycles. The maximum atomic E-state index is 13.7. The van der Waals surface area contributed by atoms with Crippen molar-refractivity contribution < 1.29 is 8.78 Å².